The van der Waals surface area contributed by atoms with Crippen molar-refractivity contribution in [2.75, 3.05) is 5.32 Å². The van der Waals surface area contributed by atoms with Crippen LogP contribution in [0, 0.1) is 17.1 Å². The summed E-state index contributed by atoms with van der Waals surface area (Å²) in [5.41, 5.74) is 4.50. The van der Waals surface area contributed by atoms with Crippen LogP contribution in [0.1, 0.15) is 18.1 Å². The van der Waals surface area contributed by atoms with E-state index in [0.717, 1.165) is 11.6 Å². The maximum Gasteiger partial charge on any atom is 0.339 e. The summed E-state index contributed by atoms with van der Waals surface area (Å²) < 4.78 is 24.9. The number of nitrogens with one attached hydrogen (secondary N) is 1. The maximum atomic E-state index is 14.1. The number of halogens is 1. The summed E-state index contributed by atoms with van der Waals surface area (Å²) >= 11 is 0. The van der Waals surface area contributed by atoms with Crippen molar-refractivity contribution >= 4 is 17.6 Å². The number of allylic oxidation sites excluding steroid dienone is 1. The quantitative estimate of drug-likeness (QED) is 0.759. The zero-order valence-electron chi connectivity index (χ0n) is 15.9. The second kappa shape index (κ2) is 7.04. The molecule has 0 bridgehead atoms. The van der Waals surface area contributed by atoms with Crippen LogP contribution in [0.15, 0.2) is 71.3 Å². The van der Waals surface area contributed by atoms with Crippen molar-refractivity contribution in [3.05, 3.63) is 88.3 Å². The Morgan fingerprint density at radius 3 is 2.73 bits per heavy atom. The lowest BCUT2D eigenvalue weighted by molar-refractivity contribution is -0.142. The summed E-state index contributed by atoms with van der Waals surface area (Å²) in [6.45, 7) is 1.37. The number of esters is 1. The second-order valence-corrected chi connectivity index (χ2v) is 6.84. The van der Waals surface area contributed by atoms with Gasteiger partial charge in [0.25, 0.3) is 0 Å². The SMILES string of the molecule is CC1=C(C(=O)OCc2ccccc2)[C@@]2(C(=O)Nc3ccc(F)cc32)C(C#N)=C(N)O1. The molecule has 1 spiro atoms. The Kier molecular flexibility index (Phi) is 4.51. The third-order valence-electron chi connectivity index (χ3n) is 5.11. The molecule has 30 heavy (non-hydrogen) atoms. The topological polar surface area (TPSA) is 114 Å². The van der Waals surface area contributed by atoms with Crippen LogP contribution in [0.25, 0.3) is 0 Å². The summed E-state index contributed by atoms with van der Waals surface area (Å²) in [7, 11) is 0. The lowest BCUT2D eigenvalue weighted by Gasteiger charge is -2.33. The van der Waals surface area contributed by atoms with Crippen LogP contribution in [0.4, 0.5) is 10.1 Å². The molecule has 0 saturated heterocycles. The lowest BCUT2D eigenvalue weighted by atomic mass is 9.68. The molecule has 2 aliphatic rings. The number of carbonyl (C=O) groups excluding carboxylic acids is 2. The average molecular weight is 405 g/mol. The van der Waals surface area contributed by atoms with Crippen LogP contribution < -0.4 is 11.1 Å². The van der Waals surface area contributed by atoms with Gasteiger partial charge in [0, 0.05) is 11.3 Å². The van der Waals surface area contributed by atoms with Crippen molar-refractivity contribution in [2.24, 2.45) is 5.73 Å². The van der Waals surface area contributed by atoms with Crippen LogP contribution in [-0.2, 0) is 31.1 Å². The van der Waals surface area contributed by atoms with E-state index in [2.05, 4.69) is 5.32 Å². The third-order valence-corrected chi connectivity index (χ3v) is 5.11. The Morgan fingerprint density at radius 1 is 1.30 bits per heavy atom. The molecule has 3 N–H and O–H groups in total. The number of ether oxygens (including phenoxy) is 2. The molecule has 0 radical (unpaired) electrons. The first kappa shape index (κ1) is 19.2. The smallest absolute Gasteiger partial charge is 0.339 e. The molecule has 7 nitrogen and oxygen atoms in total. The number of hydrogen-bond donors (Lipinski definition) is 2. The molecule has 0 aliphatic carbocycles. The normalized spacial score (nSPS) is 19.8. The Balaban J connectivity index is 1.86. The monoisotopic (exact) mass is 405 g/mol. The summed E-state index contributed by atoms with van der Waals surface area (Å²) in [4.78, 5) is 26.3. The van der Waals surface area contributed by atoms with Gasteiger partial charge in [-0.25, -0.2) is 9.18 Å². The molecule has 0 saturated carbocycles. The van der Waals surface area contributed by atoms with Gasteiger partial charge < -0.3 is 20.5 Å². The van der Waals surface area contributed by atoms with Crippen molar-refractivity contribution in [1.29, 1.82) is 5.26 Å². The standard InChI is InChI=1S/C22H16FN3O4/c1-12-18(20(27)29-11-13-5-3-2-4-6-13)22(16(10-24)19(25)30-12)15-9-14(23)7-8-17(15)26-21(22)28/h2-9H,11,25H2,1H3,(H,26,28)/t22-/m0/s1. The van der Waals surface area contributed by atoms with Crippen LogP contribution in [0.2, 0.25) is 0 Å². The van der Waals surface area contributed by atoms with Gasteiger partial charge in [-0.05, 0) is 30.7 Å². The minimum atomic E-state index is -1.97. The second-order valence-electron chi connectivity index (χ2n) is 6.84. The molecule has 2 aliphatic heterocycles. The maximum absolute atomic E-state index is 14.1. The fraction of sp³-hybridized carbons (Fsp3) is 0.136. The van der Waals surface area contributed by atoms with Gasteiger partial charge in [-0.2, -0.15) is 5.26 Å². The highest BCUT2D eigenvalue weighted by molar-refractivity contribution is 6.17. The Hall–Kier alpha value is -4.12. The van der Waals surface area contributed by atoms with Crippen molar-refractivity contribution in [2.45, 2.75) is 18.9 Å². The molecule has 2 aromatic rings. The lowest BCUT2D eigenvalue weighted by Crippen LogP contribution is -2.45. The summed E-state index contributed by atoms with van der Waals surface area (Å²) in [6, 6.07) is 14.4. The van der Waals surface area contributed by atoms with E-state index in [1.165, 1.54) is 19.1 Å². The molecule has 2 aromatic carbocycles. The highest BCUT2D eigenvalue weighted by Gasteiger charge is 2.60. The number of nitrogens with two attached hydrogens (primary N) is 1. The van der Waals surface area contributed by atoms with Gasteiger partial charge >= 0.3 is 5.97 Å². The zero-order valence-corrected chi connectivity index (χ0v) is 15.9. The molecule has 150 valence electrons. The van der Waals surface area contributed by atoms with Gasteiger partial charge in [-0.1, -0.05) is 30.3 Å². The summed E-state index contributed by atoms with van der Waals surface area (Å²) in [5.74, 6) is -2.55. The molecule has 2 heterocycles. The first-order chi connectivity index (χ1) is 14.4. The van der Waals surface area contributed by atoms with E-state index in [4.69, 9.17) is 15.2 Å². The van der Waals surface area contributed by atoms with Gasteiger partial charge in [0.05, 0.1) is 0 Å². The van der Waals surface area contributed by atoms with Gasteiger partial charge in [-0.15, -0.1) is 0 Å². The highest BCUT2D eigenvalue weighted by atomic mass is 19.1. The minimum absolute atomic E-state index is 0.00294. The molecular formula is C22H16FN3O4. The number of nitrogens with zero attached hydrogens (tertiary/aromatic N) is 1. The molecule has 1 atom stereocenters. The van der Waals surface area contributed by atoms with Gasteiger partial charge in [0.2, 0.25) is 11.8 Å². The van der Waals surface area contributed by atoms with E-state index >= 15 is 0 Å². The number of carbonyl (C=O) groups is 2. The molecule has 0 fully saturated rings. The Bertz CT molecular complexity index is 1180. The van der Waals surface area contributed by atoms with Gasteiger partial charge in [-0.3, -0.25) is 4.79 Å². The van der Waals surface area contributed by atoms with E-state index in [9.17, 15) is 19.2 Å². The van der Waals surface area contributed by atoms with E-state index in [1.54, 1.807) is 24.3 Å². The summed E-state index contributed by atoms with van der Waals surface area (Å²) in [5, 5.41) is 12.4. The molecule has 8 heteroatoms. The van der Waals surface area contributed by atoms with Crippen LogP contribution >= 0.6 is 0 Å². The largest absolute Gasteiger partial charge is 0.457 e. The van der Waals surface area contributed by atoms with Crippen LogP contribution in [0.3, 0.4) is 0 Å². The number of benzene rings is 2. The number of fused-ring (bicyclic) bond motifs is 2. The molecule has 0 aromatic heterocycles. The molecule has 1 amide bonds. The van der Waals surface area contributed by atoms with Crippen LogP contribution in [0.5, 0.6) is 0 Å². The van der Waals surface area contributed by atoms with Crippen molar-refractivity contribution in [3.63, 3.8) is 0 Å². The van der Waals surface area contributed by atoms with Crippen molar-refractivity contribution < 1.29 is 23.5 Å². The number of rotatable bonds is 3. The zero-order chi connectivity index (χ0) is 21.5. The average Bonchev–Trinajstić information content (AvgIpc) is 2.99. The first-order valence-corrected chi connectivity index (χ1v) is 9.01. The minimum Gasteiger partial charge on any atom is -0.457 e. The predicted octanol–water partition coefficient (Wildman–Crippen LogP) is 2.76. The van der Waals surface area contributed by atoms with E-state index in [1.807, 2.05) is 12.1 Å². The van der Waals surface area contributed by atoms with E-state index in [0.29, 0.717) is 0 Å². The van der Waals surface area contributed by atoms with E-state index < -0.39 is 23.1 Å². The molecular weight excluding hydrogens is 389 g/mol. The number of nitriles is 1. The Labute approximate surface area is 171 Å². The van der Waals surface area contributed by atoms with Gasteiger partial charge in [0.15, 0.2) is 5.41 Å². The fourth-order valence-electron chi connectivity index (χ4n) is 3.84. The number of anilines is 1. The van der Waals surface area contributed by atoms with E-state index in [-0.39, 0.29) is 40.6 Å². The first-order valence-electron chi connectivity index (χ1n) is 9.01. The number of amides is 1. The predicted molar refractivity (Wildman–Crippen MR) is 104 cm³/mol. The van der Waals surface area contributed by atoms with Crippen molar-refractivity contribution in [1.82, 2.24) is 0 Å². The molecule has 0 unspecified atom stereocenters. The fourth-order valence-corrected chi connectivity index (χ4v) is 3.84. The molecule has 4 rings (SSSR count). The summed E-state index contributed by atoms with van der Waals surface area (Å²) in [6.07, 6.45) is 0. The highest BCUT2D eigenvalue weighted by Crippen LogP contribution is 2.52. The van der Waals surface area contributed by atoms with Gasteiger partial charge in [0.1, 0.15) is 35.4 Å². The number of hydrogen-bond acceptors (Lipinski definition) is 6. The van der Waals surface area contributed by atoms with Crippen LogP contribution in [-0.4, -0.2) is 11.9 Å². The van der Waals surface area contributed by atoms with Crippen molar-refractivity contribution in [3.8, 4) is 6.07 Å². The third kappa shape index (κ3) is 2.71. The Morgan fingerprint density at radius 2 is 2.03 bits per heavy atom.